The zero-order valence-electron chi connectivity index (χ0n) is 9.67. The number of carbonyl (C=O) groups excluding carboxylic acids is 1. The molecule has 0 atom stereocenters. The van der Waals surface area contributed by atoms with Gasteiger partial charge in [0.05, 0.1) is 17.5 Å². The molecule has 0 saturated carbocycles. The molecule has 1 amide bonds. The number of carbonyl (C=O) groups is 1. The molecule has 1 aromatic heterocycles. The highest BCUT2D eigenvalue weighted by Gasteiger charge is 2.14. The molecular weight excluding hydrogens is 365 g/mol. The molecule has 0 aliphatic heterocycles. The van der Waals surface area contributed by atoms with Gasteiger partial charge in [0.25, 0.3) is 5.91 Å². The molecule has 3 nitrogen and oxygen atoms in total. The Morgan fingerprint density at radius 1 is 1.44 bits per heavy atom. The number of benzene rings is 1. The van der Waals surface area contributed by atoms with Crippen LogP contribution in [0.2, 0.25) is 5.02 Å². The Balaban J connectivity index is 2.21. The lowest BCUT2D eigenvalue weighted by Gasteiger charge is -2.07. The Hall–Kier alpha value is -1.01. The summed E-state index contributed by atoms with van der Waals surface area (Å²) in [5, 5.41) is 3.50. The summed E-state index contributed by atoms with van der Waals surface area (Å²) in [6.45, 7) is 1.95. The molecule has 0 radical (unpaired) electrons. The summed E-state index contributed by atoms with van der Waals surface area (Å²) in [6, 6.07) is 7.01. The van der Waals surface area contributed by atoms with Crippen LogP contribution in [0.3, 0.4) is 0 Å². The van der Waals surface area contributed by atoms with E-state index in [9.17, 15) is 4.79 Å². The Kier molecular flexibility index (Phi) is 4.29. The van der Waals surface area contributed by atoms with E-state index in [4.69, 9.17) is 16.0 Å². The van der Waals surface area contributed by atoms with Crippen molar-refractivity contribution in [2.75, 3.05) is 5.32 Å². The molecule has 0 unspecified atom stereocenters. The van der Waals surface area contributed by atoms with Crippen molar-refractivity contribution in [3.05, 3.63) is 50.4 Å². The summed E-state index contributed by atoms with van der Waals surface area (Å²) >= 11 is 8.00. The first-order valence-electron chi connectivity index (χ1n) is 5.44. The number of amides is 1. The lowest BCUT2D eigenvalue weighted by atomic mass is 10.2. The van der Waals surface area contributed by atoms with Crippen LogP contribution in [0.1, 0.15) is 23.0 Å². The molecule has 0 saturated heterocycles. The highest BCUT2D eigenvalue weighted by Crippen LogP contribution is 2.23. The molecular formula is C13H11ClINO2. The number of nitrogens with one attached hydrogen (secondary N) is 1. The highest BCUT2D eigenvalue weighted by atomic mass is 127. The number of hydrogen-bond donors (Lipinski definition) is 1. The van der Waals surface area contributed by atoms with E-state index >= 15 is 0 Å². The van der Waals surface area contributed by atoms with E-state index in [0.717, 1.165) is 9.26 Å². The fraction of sp³-hybridized carbons (Fsp3) is 0.154. The van der Waals surface area contributed by atoms with Gasteiger partial charge >= 0.3 is 0 Å². The van der Waals surface area contributed by atoms with Gasteiger partial charge in [0.15, 0.2) is 0 Å². The smallest absolute Gasteiger partial charge is 0.259 e. The molecule has 18 heavy (non-hydrogen) atoms. The normalized spacial score (nSPS) is 10.4. The largest absolute Gasteiger partial charge is 0.469 e. The van der Waals surface area contributed by atoms with E-state index < -0.39 is 0 Å². The maximum atomic E-state index is 12.1. The molecule has 2 aromatic rings. The van der Waals surface area contributed by atoms with Gasteiger partial charge < -0.3 is 9.73 Å². The van der Waals surface area contributed by atoms with Crippen molar-refractivity contribution in [1.29, 1.82) is 0 Å². The van der Waals surface area contributed by atoms with Crippen LogP contribution in [0.25, 0.3) is 0 Å². The van der Waals surface area contributed by atoms with Gasteiger partial charge in [-0.3, -0.25) is 4.79 Å². The lowest BCUT2D eigenvalue weighted by molar-refractivity contribution is 0.102. The van der Waals surface area contributed by atoms with Crippen LogP contribution in [0.15, 0.2) is 34.9 Å². The van der Waals surface area contributed by atoms with Crippen LogP contribution in [0.4, 0.5) is 5.69 Å². The molecule has 0 spiro atoms. The van der Waals surface area contributed by atoms with Crippen molar-refractivity contribution in [2.24, 2.45) is 0 Å². The summed E-state index contributed by atoms with van der Waals surface area (Å²) in [7, 11) is 0. The monoisotopic (exact) mass is 375 g/mol. The van der Waals surface area contributed by atoms with E-state index in [-0.39, 0.29) is 5.91 Å². The predicted octanol–water partition coefficient (Wildman–Crippen LogP) is 4.35. The molecule has 94 valence electrons. The van der Waals surface area contributed by atoms with Gasteiger partial charge in [0.1, 0.15) is 5.76 Å². The standard InChI is InChI=1S/C13H11ClINO2/c1-2-12-9(5-6-18-12)13(17)16-11-4-3-8(14)7-10(11)15/h3-7H,2H2,1H3,(H,16,17). The third-order valence-corrected chi connectivity index (χ3v) is 3.62. The van der Waals surface area contributed by atoms with Crippen molar-refractivity contribution in [1.82, 2.24) is 0 Å². The number of rotatable bonds is 3. The Morgan fingerprint density at radius 3 is 2.89 bits per heavy atom. The second-order valence-corrected chi connectivity index (χ2v) is 5.29. The third-order valence-electron chi connectivity index (χ3n) is 2.49. The summed E-state index contributed by atoms with van der Waals surface area (Å²) in [4.78, 5) is 12.1. The summed E-state index contributed by atoms with van der Waals surface area (Å²) in [5.41, 5.74) is 1.32. The predicted molar refractivity (Wildman–Crippen MR) is 80.2 cm³/mol. The SMILES string of the molecule is CCc1occc1C(=O)Nc1ccc(Cl)cc1I. The maximum absolute atomic E-state index is 12.1. The van der Waals surface area contributed by atoms with Gasteiger partial charge in [0.2, 0.25) is 0 Å². The molecule has 0 aliphatic carbocycles. The van der Waals surface area contributed by atoms with Crippen LogP contribution in [0.5, 0.6) is 0 Å². The lowest BCUT2D eigenvalue weighted by Crippen LogP contribution is -2.13. The van der Waals surface area contributed by atoms with E-state index in [1.807, 2.05) is 6.92 Å². The number of hydrogen-bond acceptors (Lipinski definition) is 2. The Bertz CT molecular complexity index is 580. The highest BCUT2D eigenvalue weighted by molar-refractivity contribution is 14.1. The van der Waals surface area contributed by atoms with Gasteiger partial charge in [-0.25, -0.2) is 0 Å². The second-order valence-electron chi connectivity index (χ2n) is 3.69. The van der Waals surface area contributed by atoms with Crippen molar-refractivity contribution in [3.63, 3.8) is 0 Å². The van der Waals surface area contributed by atoms with Crippen molar-refractivity contribution in [2.45, 2.75) is 13.3 Å². The van der Waals surface area contributed by atoms with Gasteiger partial charge in [-0.1, -0.05) is 18.5 Å². The summed E-state index contributed by atoms with van der Waals surface area (Å²) < 4.78 is 6.14. The summed E-state index contributed by atoms with van der Waals surface area (Å²) in [5.74, 6) is 0.525. The van der Waals surface area contributed by atoms with E-state index in [2.05, 4.69) is 27.9 Å². The molecule has 0 bridgehead atoms. The molecule has 5 heteroatoms. The van der Waals surface area contributed by atoms with Gasteiger partial charge in [-0.15, -0.1) is 0 Å². The van der Waals surface area contributed by atoms with E-state index in [1.54, 1.807) is 24.3 Å². The fourth-order valence-corrected chi connectivity index (χ4v) is 2.60. The molecule has 1 aromatic carbocycles. The van der Waals surface area contributed by atoms with E-state index in [0.29, 0.717) is 22.8 Å². The molecule has 0 aliphatic rings. The quantitative estimate of drug-likeness (QED) is 0.810. The zero-order valence-corrected chi connectivity index (χ0v) is 12.6. The first-order valence-corrected chi connectivity index (χ1v) is 6.90. The van der Waals surface area contributed by atoms with Crippen molar-refractivity contribution < 1.29 is 9.21 Å². The van der Waals surface area contributed by atoms with Gasteiger partial charge in [-0.2, -0.15) is 0 Å². The Morgan fingerprint density at radius 2 is 2.22 bits per heavy atom. The number of aryl methyl sites for hydroxylation is 1. The average Bonchev–Trinajstić information content (AvgIpc) is 2.81. The Labute approximate surface area is 124 Å². The van der Waals surface area contributed by atoms with Crippen LogP contribution >= 0.6 is 34.2 Å². The average molecular weight is 376 g/mol. The van der Waals surface area contributed by atoms with Crippen LogP contribution in [0, 0.1) is 3.57 Å². The number of halogens is 2. The van der Waals surface area contributed by atoms with Crippen LogP contribution in [-0.4, -0.2) is 5.91 Å². The fourth-order valence-electron chi connectivity index (χ4n) is 1.60. The minimum atomic E-state index is -0.166. The van der Waals surface area contributed by atoms with Gasteiger partial charge in [-0.05, 0) is 46.9 Å². The molecule has 2 rings (SSSR count). The van der Waals surface area contributed by atoms with Crippen LogP contribution < -0.4 is 5.32 Å². The topological polar surface area (TPSA) is 42.2 Å². The molecule has 1 heterocycles. The van der Waals surface area contributed by atoms with E-state index in [1.165, 1.54) is 6.26 Å². The zero-order chi connectivity index (χ0) is 13.1. The number of furan rings is 1. The molecule has 1 N–H and O–H groups in total. The maximum Gasteiger partial charge on any atom is 0.259 e. The van der Waals surface area contributed by atoms with Crippen LogP contribution in [-0.2, 0) is 6.42 Å². The second kappa shape index (κ2) is 5.75. The number of anilines is 1. The van der Waals surface area contributed by atoms with Gasteiger partial charge in [0, 0.05) is 15.0 Å². The third kappa shape index (κ3) is 2.87. The minimum absolute atomic E-state index is 0.166. The summed E-state index contributed by atoms with van der Waals surface area (Å²) in [6.07, 6.45) is 2.22. The van der Waals surface area contributed by atoms with Crippen molar-refractivity contribution >= 4 is 45.8 Å². The molecule has 0 fully saturated rings. The first kappa shape index (κ1) is 13.4. The van der Waals surface area contributed by atoms with Crippen molar-refractivity contribution in [3.8, 4) is 0 Å². The first-order chi connectivity index (χ1) is 8.61. The minimum Gasteiger partial charge on any atom is -0.469 e.